The molecule has 6 nitrogen and oxygen atoms in total. The predicted octanol–water partition coefficient (Wildman–Crippen LogP) is 3.44. The van der Waals surface area contributed by atoms with Crippen molar-refractivity contribution in [1.29, 1.82) is 0 Å². The first-order valence-electron chi connectivity index (χ1n) is 8.59. The summed E-state index contributed by atoms with van der Waals surface area (Å²) in [7, 11) is 3.24. The number of benzene rings is 1. The molecule has 0 radical (unpaired) electrons. The zero-order chi connectivity index (χ0) is 19.0. The van der Waals surface area contributed by atoms with Gasteiger partial charge in [-0.1, -0.05) is 6.07 Å². The van der Waals surface area contributed by atoms with Crippen molar-refractivity contribution in [2.75, 3.05) is 27.3 Å². The van der Waals surface area contributed by atoms with Crippen LogP contribution in [0.3, 0.4) is 0 Å². The Hall–Kier alpha value is -1.95. The molecule has 0 aliphatic rings. The van der Waals surface area contributed by atoms with Crippen LogP contribution in [0.4, 0.5) is 4.79 Å². The minimum atomic E-state index is -0.489. The maximum Gasteiger partial charge on any atom is 0.410 e. The molecule has 0 spiro atoms. The van der Waals surface area contributed by atoms with Crippen molar-refractivity contribution in [3.05, 3.63) is 23.8 Å². The molecule has 0 aromatic heterocycles. The van der Waals surface area contributed by atoms with Crippen LogP contribution in [0.15, 0.2) is 18.2 Å². The van der Waals surface area contributed by atoms with Crippen LogP contribution in [0.1, 0.15) is 40.2 Å². The van der Waals surface area contributed by atoms with Crippen LogP contribution in [-0.2, 0) is 11.3 Å². The molecular formula is C19H32N2O4. The summed E-state index contributed by atoms with van der Waals surface area (Å²) in [4.78, 5) is 14.0. The molecule has 0 aliphatic carbocycles. The van der Waals surface area contributed by atoms with E-state index in [-0.39, 0.29) is 12.1 Å². The van der Waals surface area contributed by atoms with E-state index in [9.17, 15) is 4.79 Å². The molecular weight excluding hydrogens is 320 g/mol. The van der Waals surface area contributed by atoms with Crippen molar-refractivity contribution in [2.45, 2.75) is 52.8 Å². The second-order valence-corrected chi connectivity index (χ2v) is 7.13. The van der Waals surface area contributed by atoms with Crippen LogP contribution in [0, 0.1) is 0 Å². The Kier molecular flexibility index (Phi) is 8.03. The van der Waals surface area contributed by atoms with Crippen molar-refractivity contribution in [3.63, 3.8) is 0 Å². The molecule has 0 aliphatic heterocycles. The third kappa shape index (κ3) is 7.22. The van der Waals surface area contributed by atoms with Crippen molar-refractivity contribution >= 4 is 6.09 Å². The predicted molar refractivity (Wildman–Crippen MR) is 99.3 cm³/mol. The number of amides is 1. The third-order valence-electron chi connectivity index (χ3n) is 3.56. The first-order valence-corrected chi connectivity index (χ1v) is 8.59. The number of ether oxygens (including phenoxy) is 3. The molecule has 0 saturated heterocycles. The fourth-order valence-electron chi connectivity index (χ4n) is 2.30. The molecule has 25 heavy (non-hydrogen) atoms. The topological polar surface area (TPSA) is 60.0 Å². The van der Waals surface area contributed by atoms with E-state index in [1.807, 2.05) is 52.8 Å². The van der Waals surface area contributed by atoms with Gasteiger partial charge in [0, 0.05) is 25.7 Å². The Morgan fingerprint density at radius 1 is 1.16 bits per heavy atom. The van der Waals surface area contributed by atoms with Gasteiger partial charge in [-0.25, -0.2) is 4.79 Å². The van der Waals surface area contributed by atoms with Gasteiger partial charge in [0.15, 0.2) is 11.5 Å². The summed E-state index contributed by atoms with van der Waals surface area (Å²) in [6.07, 6.45) is -0.282. The van der Waals surface area contributed by atoms with E-state index < -0.39 is 5.60 Å². The summed E-state index contributed by atoms with van der Waals surface area (Å²) >= 11 is 0. The summed E-state index contributed by atoms with van der Waals surface area (Å²) in [5, 5.41) is 3.35. The zero-order valence-corrected chi connectivity index (χ0v) is 16.5. The van der Waals surface area contributed by atoms with Crippen molar-refractivity contribution < 1.29 is 19.0 Å². The largest absolute Gasteiger partial charge is 0.493 e. The van der Waals surface area contributed by atoms with E-state index in [4.69, 9.17) is 14.2 Å². The molecule has 0 unspecified atom stereocenters. The quantitative estimate of drug-likeness (QED) is 0.726. The lowest BCUT2D eigenvalue weighted by molar-refractivity contribution is 0.0193. The Balaban J connectivity index is 2.53. The number of carbonyl (C=O) groups is 1. The second-order valence-electron chi connectivity index (χ2n) is 7.13. The fraction of sp³-hybridized carbons (Fsp3) is 0.632. The lowest BCUT2D eigenvalue weighted by atomic mass is 10.2. The zero-order valence-electron chi connectivity index (χ0n) is 16.5. The van der Waals surface area contributed by atoms with Crippen molar-refractivity contribution in [2.24, 2.45) is 0 Å². The molecule has 1 aromatic carbocycles. The second kappa shape index (κ2) is 9.51. The van der Waals surface area contributed by atoms with Gasteiger partial charge in [0.1, 0.15) is 5.60 Å². The van der Waals surface area contributed by atoms with Gasteiger partial charge in [0.25, 0.3) is 0 Å². The molecule has 6 heteroatoms. The molecule has 142 valence electrons. The lowest BCUT2D eigenvalue weighted by Crippen LogP contribution is -2.44. The molecule has 0 atom stereocenters. The Labute approximate surface area is 151 Å². The number of methoxy groups -OCH3 is 2. The van der Waals surface area contributed by atoms with Crippen molar-refractivity contribution in [1.82, 2.24) is 10.2 Å². The van der Waals surface area contributed by atoms with Gasteiger partial charge in [-0.2, -0.15) is 0 Å². The molecule has 1 aromatic rings. The first kappa shape index (κ1) is 21.1. The highest BCUT2D eigenvalue weighted by Crippen LogP contribution is 2.27. The number of hydrogen-bond acceptors (Lipinski definition) is 5. The van der Waals surface area contributed by atoms with Crippen LogP contribution < -0.4 is 14.8 Å². The molecule has 1 rings (SSSR count). The minimum absolute atomic E-state index is 0.0812. The van der Waals surface area contributed by atoms with E-state index in [0.29, 0.717) is 31.1 Å². The maximum atomic E-state index is 12.3. The van der Waals surface area contributed by atoms with Gasteiger partial charge >= 0.3 is 6.09 Å². The van der Waals surface area contributed by atoms with Crippen LogP contribution in [0.25, 0.3) is 0 Å². The van der Waals surface area contributed by atoms with Crippen LogP contribution in [0.5, 0.6) is 11.5 Å². The van der Waals surface area contributed by atoms with Gasteiger partial charge in [-0.05, 0) is 52.3 Å². The SMILES string of the molecule is COc1ccc(CNCCN(C(=O)OC(C)(C)C)C(C)C)cc1OC. The fourth-order valence-corrected chi connectivity index (χ4v) is 2.30. The Morgan fingerprint density at radius 2 is 1.80 bits per heavy atom. The summed E-state index contributed by atoms with van der Waals surface area (Å²) in [6, 6.07) is 5.90. The van der Waals surface area contributed by atoms with Crippen LogP contribution in [-0.4, -0.2) is 49.9 Å². The summed E-state index contributed by atoms with van der Waals surface area (Å²) in [5.74, 6) is 1.42. The van der Waals surface area contributed by atoms with E-state index in [1.165, 1.54) is 0 Å². The number of carbonyl (C=O) groups excluding carboxylic acids is 1. The van der Waals surface area contributed by atoms with Gasteiger partial charge < -0.3 is 24.4 Å². The third-order valence-corrected chi connectivity index (χ3v) is 3.56. The number of nitrogens with one attached hydrogen (secondary N) is 1. The number of rotatable bonds is 8. The molecule has 0 bridgehead atoms. The monoisotopic (exact) mass is 352 g/mol. The van der Waals surface area contributed by atoms with Crippen LogP contribution in [0.2, 0.25) is 0 Å². The van der Waals surface area contributed by atoms with E-state index in [2.05, 4.69) is 5.32 Å². The van der Waals surface area contributed by atoms with Crippen LogP contribution >= 0.6 is 0 Å². The standard InChI is InChI=1S/C19H32N2O4/c1-14(2)21(18(22)25-19(3,4)5)11-10-20-13-15-8-9-16(23-6)17(12-15)24-7/h8-9,12,14,20H,10-11,13H2,1-7H3. The average Bonchev–Trinajstić information content (AvgIpc) is 2.52. The smallest absolute Gasteiger partial charge is 0.410 e. The highest BCUT2D eigenvalue weighted by molar-refractivity contribution is 5.68. The van der Waals surface area contributed by atoms with Gasteiger partial charge in [0.2, 0.25) is 0 Å². The summed E-state index contributed by atoms with van der Waals surface area (Å²) in [6.45, 7) is 11.5. The summed E-state index contributed by atoms with van der Waals surface area (Å²) in [5.41, 5.74) is 0.600. The van der Waals surface area contributed by atoms with Gasteiger partial charge in [-0.15, -0.1) is 0 Å². The van der Waals surface area contributed by atoms with Gasteiger partial charge in [0.05, 0.1) is 14.2 Å². The number of nitrogens with zero attached hydrogens (tertiary/aromatic N) is 1. The van der Waals surface area contributed by atoms with E-state index in [1.54, 1.807) is 19.1 Å². The van der Waals surface area contributed by atoms with E-state index in [0.717, 1.165) is 5.56 Å². The molecule has 1 amide bonds. The first-order chi connectivity index (χ1) is 11.7. The normalized spacial score (nSPS) is 11.4. The maximum absolute atomic E-state index is 12.3. The Morgan fingerprint density at radius 3 is 2.32 bits per heavy atom. The summed E-state index contributed by atoms with van der Waals surface area (Å²) < 4.78 is 16.0. The van der Waals surface area contributed by atoms with Gasteiger partial charge in [-0.3, -0.25) is 0 Å². The minimum Gasteiger partial charge on any atom is -0.493 e. The van der Waals surface area contributed by atoms with Crippen molar-refractivity contribution in [3.8, 4) is 11.5 Å². The highest BCUT2D eigenvalue weighted by Gasteiger charge is 2.23. The highest BCUT2D eigenvalue weighted by atomic mass is 16.6. The molecule has 0 fully saturated rings. The average molecular weight is 352 g/mol. The molecule has 0 heterocycles. The van der Waals surface area contributed by atoms with E-state index >= 15 is 0 Å². The lowest BCUT2D eigenvalue weighted by Gasteiger charge is -2.30. The molecule has 1 N–H and O–H groups in total. The molecule has 0 saturated carbocycles. The number of hydrogen-bond donors (Lipinski definition) is 1. The Bertz CT molecular complexity index is 553.